The maximum absolute atomic E-state index is 12.0. The zero-order valence-electron chi connectivity index (χ0n) is 10.9. The van der Waals surface area contributed by atoms with E-state index in [2.05, 4.69) is 31.9 Å². The van der Waals surface area contributed by atoms with Crippen LogP contribution >= 0.6 is 28.1 Å². The normalized spacial score (nSPS) is 16.0. The van der Waals surface area contributed by atoms with Crippen LogP contribution in [0.2, 0.25) is 0 Å². The number of fused-ring (bicyclic) bond motifs is 1. The Morgan fingerprint density at radius 1 is 1.14 bits per heavy atom. The third kappa shape index (κ3) is 3.06. The van der Waals surface area contributed by atoms with E-state index in [0.717, 1.165) is 21.4 Å². The molecule has 0 saturated heterocycles. The quantitative estimate of drug-likeness (QED) is 0.717. The standard InChI is InChI=1S/C15H12BrN3OS/c16-9-5-7-10(8-6-9)17-15(21)19-13-11-3-1-2-4-12(11)18-14(13)20/h1-8,13H,(H,18,20)(H2,17,19,21)/t13-/m0/s1. The summed E-state index contributed by atoms with van der Waals surface area (Å²) in [4.78, 5) is 12.0. The molecule has 0 radical (unpaired) electrons. The van der Waals surface area contributed by atoms with Crippen molar-refractivity contribution in [2.45, 2.75) is 6.04 Å². The number of rotatable bonds is 2. The summed E-state index contributed by atoms with van der Waals surface area (Å²) in [7, 11) is 0. The van der Waals surface area contributed by atoms with Crippen LogP contribution < -0.4 is 16.0 Å². The molecule has 1 atom stereocenters. The molecule has 21 heavy (non-hydrogen) atoms. The van der Waals surface area contributed by atoms with Gasteiger partial charge in [-0.15, -0.1) is 0 Å². The van der Waals surface area contributed by atoms with Crippen LogP contribution in [-0.2, 0) is 4.79 Å². The van der Waals surface area contributed by atoms with Crippen LogP contribution in [-0.4, -0.2) is 11.0 Å². The van der Waals surface area contributed by atoms with Gasteiger partial charge in [-0.3, -0.25) is 4.79 Å². The largest absolute Gasteiger partial charge is 0.347 e. The highest BCUT2D eigenvalue weighted by molar-refractivity contribution is 9.10. The molecule has 0 fully saturated rings. The molecule has 2 aromatic rings. The van der Waals surface area contributed by atoms with E-state index in [4.69, 9.17) is 12.2 Å². The molecule has 6 heteroatoms. The first-order chi connectivity index (χ1) is 10.1. The summed E-state index contributed by atoms with van der Waals surface area (Å²) >= 11 is 8.65. The van der Waals surface area contributed by atoms with Gasteiger partial charge in [0.25, 0.3) is 5.91 Å². The minimum atomic E-state index is -0.461. The number of halogens is 1. The van der Waals surface area contributed by atoms with Crippen LogP contribution in [0.5, 0.6) is 0 Å². The van der Waals surface area contributed by atoms with Crippen LogP contribution in [0.3, 0.4) is 0 Å². The Bertz CT molecular complexity index is 702. The summed E-state index contributed by atoms with van der Waals surface area (Å²) in [6.07, 6.45) is 0. The number of carbonyl (C=O) groups excluding carboxylic acids is 1. The first kappa shape index (κ1) is 14.0. The molecule has 0 aromatic heterocycles. The van der Waals surface area contributed by atoms with E-state index in [9.17, 15) is 4.79 Å². The molecule has 1 aliphatic heterocycles. The highest BCUT2D eigenvalue weighted by atomic mass is 79.9. The number of nitrogens with one attached hydrogen (secondary N) is 3. The summed E-state index contributed by atoms with van der Waals surface area (Å²) in [5, 5.41) is 9.35. The fourth-order valence-electron chi connectivity index (χ4n) is 2.18. The van der Waals surface area contributed by atoms with Gasteiger partial charge in [-0.2, -0.15) is 0 Å². The Labute approximate surface area is 136 Å². The molecule has 0 bridgehead atoms. The average molecular weight is 362 g/mol. The number of benzene rings is 2. The SMILES string of the molecule is O=C1Nc2ccccc2[C@@H]1NC(=S)Nc1ccc(Br)cc1. The fourth-order valence-corrected chi connectivity index (χ4v) is 2.68. The van der Waals surface area contributed by atoms with Crippen LogP contribution in [0.15, 0.2) is 53.0 Å². The molecular formula is C15H12BrN3OS. The molecule has 0 spiro atoms. The number of anilines is 2. The molecule has 1 heterocycles. The summed E-state index contributed by atoms with van der Waals surface area (Å²) in [6.45, 7) is 0. The highest BCUT2D eigenvalue weighted by Gasteiger charge is 2.30. The Balaban J connectivity index is 1.70. The van der Waals surface area contributed by atoms with Crippen LogP contribution in [0.25, 0.3) is 0 Å². The van der Waals surface area contributed by atoms with Crippen molar-refractivity contribution < 1.29 is 4.79 Å². The second-order valence-electron chi connectivity index (χ2n) is 4.61. The fraction of sp³-hybridized carbons (Fsp3) is 0.0667. The van der Waals surface area contributed by atoms with E-state index >= 15 is 0 Å². The van der Waals surface area contributed by atoms with Gasteiger partial charge in [-0.05, 0) is 42.5 Å². The van der Waals surface area contributed by atoms with Crippen molar-refractivity contribution in [2.24, 2.45) is 0 Å². The number of amides is 1. The molecular weight excluding hydrogens is 350 g/mol. The van der Waals surface area contributed by atoms with Gasteiger partial charge in [0.2, 0.25) is 0 Å². The van der Waals surface area contributed by atoms with Gasteiger partial charge in [-0.25, -0.2) is 0 Å². The van der Waals surface area contributed by atoms with Gasteiger partial charge in [0.15, 0.2) is 5.11 Å². The average Bonchev–Trinajstić information content (AvgIpc) is 2.78. The van der Waals surface area contributed by atoms with E-state index < -0.39 is 6.04 Å². The van der Waals surface area contributed by atoms with Crippen molar-refractivity contribution in [1.82, 2.24) is 5.32 Å². The Morgan fingerprint density at radius 2 is 1.86 bits per heavy atom. The third-order valence-corrected chi connectivity index (χ3v) is 3.92. The van der Waals surface area contributed by atoms with Crippen LogP contribution in [0.4, 0.5) is 11.4 Å². The maximum Gasteiger partial charge on any atom is 0.251 e. The highest BCUT2D eigenvalue weighted by Crippen LogP contribution is 2.30. The van der Waals surface area contributed by atoms with Gasteiger partial charge >= 0.3 is 0 Å². The summed E-state index contributed by atoms with van der Waals surface area (Å²) < 4.78 is 0.996. The summed E-state index contributed by atoms with van der Waals surface area (Å²) in [5.41, 5.74) is 2.59. The van der Waals surface area contributed by atoms with Gasteiger partial charge in [0.05, 0.1) is 0 Å². The summed E-state index contributed by atoms with van der Waals surface area (Å²) in [6, 6.07) is 14.8. The molecule has 4 nitrogen and oxygen atoms in total. The molecule has 0 aliphatic carbocycles. The number of carbonyl (C=O) groups is 1. The van der Waals surface area contributed by atoms with Crippen LogP contribution in [0, 0.1) is 0 Å². The molecule has 106 valence electrons. The monoisotopic (exact) mass is 361 g/mol. The van der Waals surface area contributed by atoms with Crippen molar-refractivity contribution >= 4 is 50.5 Å². The van der Waals surface area contributed by atoms with E-state index in [1.807, 2.05) is 48.5 Å². The van der Waals surface area contributed by atoms with Crippen molar-refractivity contribution in [3.05, 3.63) is 58.6 Å². The van der Waals surface area contributed by atoms with Gasteiger partial charge in [0.1, 0.15) is 6.04 Å². The second kappa shape index (κ2) is 5.83. The van der Waals surface area contributed by atoms with Crippen molar-refractivity contribution in [1.29, 1.82) is 0 Å². The number of para-hydroxylation sites is 1. The summed E-state index contributed by atoms with van der Waals surface area (Å²) in [5.74, 6) is -0.101. The van der Waals surface area contributed by atoms with Crippen molar-refractivity contribution in [3.63, 3.8) is 0 Å². The number of hydrogen-bond acceptors (Lipinski definition) is 2. The molecule has 1 aliphatic rings. The molecule has 2 aromatic carbocycles. The minimum absolute atomic E-state index is 0.101. The molecule has 1 amide bonds. The molecule has 3 N–H and O–H groups in total. The topological polar surface area (TPSA) is 53.2 Å². The zero-order chi connectivity index (χ0) is 14.8. The second-order valence-corrected chi connectivity index (χ2v) is 5.94. The smallest absolute Gasteiger partial charge is 0.251 e. The number of hydrogen-bond donors (Lipinski definition) is 3. The first-order valence-electron chi connectivity index (χ1n) is 6.36. The molecule has 0 saturated carbocycles. The van der Waals surface area contributed by atoms with Crippen molar-refractivity contribution in [3.8, 4) is 0 Å². The van der Waals surface area contributed by atoms with E-state index in [-0.39, 0.29) is 5.91 Å². The Morgan fingerprint density at radius 3 is 2.62 bits per heavy atom. The zero-order valence-corrected chi connectivity index (χ0v) is 13.3. The lowest BCUT2D eigenvalue weighted by atomic mass is 10.1. The lowest BCUT2D eigenvalue weighted by Crippen LogP contribution is -2.35. The Kier molecular flexibility index (Phi) is 3.90. The van der Waals surface area contributed by atoms with E-state index in [0.29, 0.717) is 5.11 Å². The van der Waals surface area contributed by atoms with Gasteiger partial charge in [-0.1, -0.05) is 34.1 Å². The predicted molar refractivity (Wildman–Crippen MR) is 91.3 cm³/mol. The van der Waals surface area contributed by atoms with E-state index in [1.165, 1.54) is 0 Å². The van der Waals surface area contributed by atoms with Gasteiger partial charge < -0.3 is 16.0 Å². The minimum Gasteiger partial charge on any atom is -0.347 e. The number of thiocarbonyl (C=S) groups is 1. The lowest BCUT2D eigenvalue weighted by Gasteiger charge is -2.15. The van der Waals surface area contributed by atoms with Crippen LogP contribution in [0.1, 0.15) is 11.6 Å². The third-order valence-electron chi connectivity index (χ3n) is 3.17. The first-order valence-corrected chi connectivity index (χ1v) is 7.56. The van der Waals surface area contributed by atoms with Crippen molar-refractivity contribution in [2.75, 3.05) is 10.6 Å². The van der Waals surface area contributed by atoms with Gasteiger partial charge in [0, 0.05) is 21.4 Å². The maximum atomic E-state index is 12.0. The Hall–Kier alpha value is -1.92. The lowest BCUT2D eigenvalue weighted by molar-refractivity contribution is -0.117. The molecule has 0 unspecified atom stereocenters. The van der Waals surface area contributed by atoms with E-state index in [1.54, 1.807) is 0 Å². The predicted octanol–water partition coefficient (Wildman–Crippen LogP) is 3.43. The molecule has 3 rings (SSSR count).